The van der Waals surface area contributed by atoms with Gasteiger partial charge in [0.1, 0.15) is 4.83 Å². The monoisotopic (exact) mass is 440 g/mol. The number of aromatic amines is 1. The third-order valence-electron chi connectivity index (χ3n) is 4.78. The van der Waals surface area contributed by atoms with Crippen LogP contribution in [-0.4, -0.2) is 19.1 Å². The summed E-state index contributed by atoms with van der Waals surface area (Å²) >= 11 is 7.80. The molecule has 0 aliphatic rings. The molecule has 3 aromatic heterocycles. The molecule has 3 heterocycles. The number of hydrogen-bond acceptors (Lipinski definition) is 5. The van der Waals surface area contributed by atoms with Crippen LogP contribution in [0.4, 0.5) is 0 Å². The Hall–Kier alpha value is -3.23. The van der Waals surface area contributed by atoms with E-state index < -0.39 is 11.2 Å². The molecule has 0 radical (unpaired) electrons. The lowest BCUT2D eigenvalue weighted by Gasteiger charge is -2.05. The number of aromatic nitrogens is 4. The minimum atomic E-state index is -0.488. The van der Waals surface area contributed by atoms with Crippen LogP contribution in [0.25, 0.3) is 32.5 Å². The highest BCUT2D eigenvalue weighted by Crippen LogP contribution is 2.35. The average Bonchev–Trinajstić information content (AvgIpc) is 3.07. The normalized spacial score (nSPS) is 11.9. The number of halogens is 1. The molecule has 4 rings (SSSR count). The molecule has 0 amide bonds. The van der Waals surface area contributed by atoms with E-state index in [2.05, 4.69) is 9.97 Å². The van der Waals surface area contributed by atoms with Crippen molar-refractivity contribution in [1.29, 1.82) is 0 Å². The van der Waals surface area contributed by atoms with Gasteiger partial charge < -0.3 is 9.55 Å². The molecule has 0 fully saturated rings. The van der Waals surface area contributed by atoms with Crippen molar-refractivity contribution in [1.82, 2.24) is 19.1 Å². The fourth-order valence-electron chi connectivity index (χ4n) is 3.32. The van der Waals surface area contributed by atoms with Crippen molar-refractivity contribution in [2.45, 2.75) is 6.92 Å². The fraction of sp³-hybridized carbons (Fsp3) is 0.143. The van der Waals surface area contributed by atoms with Gasteiger partial charge >= 0.3 is 5.69 Å². The van der Waals surface area contributed by atoms with E-state index in [1.807, 2.05) is 37.3 Å². The first-order chi connectivity index (χ1) is 14.3. The number of rotatable bonds is 3. The first kappa shape index (κ1) is 20.1. The van der Waals surface area contributed by atoms with Gasteiger partial charge in [0, 0.05) is 30.7 Å². The third kappa shape index (κ3) is 3.34. The second kappa shape index (κ2) is 7.55. The maximum Gasteiger partial charge on any atom is 0.330 e. The van der Waals surface area contributed by atoms with Crippen LogP contribution in [0.1, 0.15) is 16.3 Å². The summed E-state index contributed by atoms with van der Waals surface area (Å²) in [7, 11) is 2.93. The van der Waals surface area contributed by atoms with E-state index in [-0.39, 0.29) is 22.0 Å². The molecule has 4 aromatic rings. The minimum Gasteiger partial charge on any atom is -0.305 e. The number of thiophene rings is 1. The zero-order chi connectivity index (χ0) is 21.6. The highest BCUT2D eigenvalue weighted by Gasteiger charge is 2.17. The Bertz CT molecular complexity index is 1490. The van der Waals surface area contributed by atoms with Crippen LogP contribution in [0.5, 0.6) is 0 Å². The SMILES string of the molecule is Cc1sc2nc(/C(Cl)=C/c3cn(C)c(=O)n(C)c3=O)[nH]c(=O)c2c1-c1ccccc1. The summed E-state index contributed by atoms with van der Waals surface area (Å²) in [6.45, 7) is 1.94. The van der Waals surface area contributed by atoms with Crippen molar-refractivity contribution in [3.63, 3.8) is 0 Å². The molecule has 1 N–H and O–H groups in total. The van der Waals surface area contributed by atoms with E-state index in [0.29, 0.717) is 10.2 Å². The quantitative estimate of drug-likeness (QED) is 0.530. The summed E-state index contributed by atoms with van der Waals surface area (Å²) in [5.41, 5.74) is 0.763. The Morgan fingerprint density at radius 2 is 1.87 bits per heavy atom. The van der Waals surface area contributed by atoms with E-state index in [4.69, 9.17) is 11.6 Å². The molecule has 152 valence electrons. The molecule has 0 spiro atoms. The second-order valence-electron chi connectivity index (χ2n) is 6.83. The Morgan fingerprint density at radius 1 is 1.17 bits per heavy atom. The summed E-state index contributed by atoms with van der Waals surface area (Å²) in [5.74, 6) is 0.158. The maximum atomic E-state index is 12.9. The van der Waals surface area contributed by atoms with Crippen LogP contribution >= 0.6 is 22.9 Å². The summed E-state index contributed by atoms with van der Waals surface area (Å²) in [6.07, 6.45) is 2.79. The van der Waals surface area contributed by atoms with Gasteiger partial charge in [-0.3, -0.25) is 14.2 Å². The average molecular weight is 441 g/mol. The number of fused-ring (bicyclic) bond motifs is 1. The Morgan fingerprint density at radius 3 is 2.57 bits per heavy atom. The Labute approximate surface area is 179 Å². The maximum absolute atomic E-state index is 12.9. The van der Waals surface area contributed by atoms with Gasteiger partial charge in [-0.15, -0.1) is 11.3 Å². The van der Waals surface area contributed by atoms with Gasteiger partial charge in [0.15, 0.2) is 5.82 Å². The van der Waals surface area contributed by atoms with Gasteiger partial charge in [-0.05, 0) is 18.6 Å². The van der Waals surface area contributed by atoms with Gasteiger partial charge in [-0.1, -0.05) is 41.9 Å². The van der Waals surface area contributed by atoms with Gasteiger partial charge in [0.25, 0.3) is 11.1 Å². The van der Waals surface area contributed by atoms with Crippen LogP contribution in [0.2, 0.25) is 0 Å². The van der Waals surface area contributed by atoms with E-state index in [1.54, 1.807) is 7.05 Å². The molecule has 0 aliphatic carbocycles. The number of hydrogen-bond donors (Lipinski definition) is 1. The van der Waals surface area contributed by atoms with E-state index in [9.17, 15) is 14.4 Å². The van der Waals surface area contributed by atoms with E-state index in [1.165, 1.54) is 35.2 Å². The van der Waals surface area contributed by atoms with Crippen molar-refractivity contribution in [2.24, 2.45) is 14.1 Å². The zero-order valence-electron chi connectivity index (χ0n) is 16.4. The first-order valence-corrected chi connectivity index (χ1v) is 10.2. The molecule has 30 heavy (non-hydrogen) atoms. The van der Waals surface area contributed by atoms with E-state index in [0.717, 1.165) is 20.6 Å². The molecule has 0 unspecified atom stereocenters. The van der Waals surface area contributed by atoms with Crippen molar-refractivity contribution in [3.8, 4) is 11.1 Å². The summed E-state index contributed by atoms with van der Waals surface area (Å²) in [5, 5.41) is 0.604. The molecule has 7 nitrogen and oxygen atoms in total. The lowest BCUT2D eigenvalue weighted by atomic mass is 10.0. The molecule has 0 atom stereocenters. The first-order valence-electron chi connectivity index (χ1n) is 9.01. The van der Waals surface area contributed by atoms with Crippen molar-refractivity contribution < 1.29 is 0 Å². The van der Waals surface area contributed by atoms with Gasteiger partial charge in [-0.25, -0.2) is 9.78 Å². The number of nitrogens with one attached hydrogen (secondary N) is 1. The predicted molar refractivity (Wildman–Crippen MR) is 121 cm³/mol. The summed E-state index contributed by atoms with van der Waals surface area (Å²) in [6, 6.07) is 9.65. The number of nitrogens with zero attached hydrogens (tertiary/aromatic N) is 3. The summed E-state index contributed by atoms with van der Waals surface area (Å²) < 4.78 is 2.27. The Kier molecular flexibility index (Phi) is 5.05. The molecular weight excluding hydrogens is 424 g/mol. The highest BCUT2D eigenvalue weighted by molar-refractivity contribution is 7.19. The van der Waals surface area contributed by atoms with E-state index >= 15 is 0 Å². The summed E-state index contributed by atoms with van der Waals surface area (Å²) in [4.78, 5) is 45.9. The lowest BCUT2D eigenvalue weighted by molar-refractivity contribution is 0.683. The highest BCUT2D eigenvalue weighted by atomic mass is 35.5. The van der Waals surface area contributed by atoms with Crippen molar-refractivity contribution in [2.75, 3.05) is 0 Å². The van der Waals surface area contributed by atoms with Gasteiger partial charge in [0.05, 0.1) is 16.0 Å². The minimum absolute atomic E-state index is 0.0945. The van der Waals surface area contributed by atoms with Gasteiger partial charge in [-0.2, -0.15) is 0 Å². The lowest BCUT2D eigenvalue weighted by Crippen LogP contribution is -2.37. The fourth-order valence-corrected chi connectivity index (χ4v) is 4.58. The predicted octanol–water partition coefficient (Wildman–Crippen LogP) is 3.09. The molecule has 0 bridgehead atoms. The number of benzene rings is 1. The van der Waals surface area contributed by atoms with Crippen LogP contribution in [-0.2, 0) is 14.1 Å². The van der Waals surface area contributed by atoms with Crippen molar-refractivity contribution >= 4 is 44.3 Å². The molecular formula is C21H17ClN4O3S. The molecule has 1 aromatic carbocycles. The standard InChI is InChI=1S/C21H17ClN4O3S/c1-11-15(12-7-5-4-6-8-12)16-18(27)23-17(24-19(16)30-11)14(22)9-13-10-25(2)21(29)26(3)20(13)28/h4-10H,1-3H3,(H,23,24,27)/b14-9-. The van der Waals surface area contributed by atoms with Crippen LogP contribution < -0.4 is 16.8 Å². The number of aryl methyl sites for hydroxylation is 2. The van der Waals surface area contributed by atoms with Crippen molar-refractivity contribution in [3.05, 3.63) is 84.0 Å². The molecule has 0 saturated carbocycles. The number of H-pyrrole nitrogens is 1. The topological polar surface area (TPSA) is 89.8 Å². The van der Waals surface area contributed by atoms with Crippen LogP contribution in [0, 0.1) is 6.92 Å². The van der Waals surface area contributed by atoms with Gasteiger partial charge in [0.2, 0.25) is 0 Å². The van der Waals surface area contributed by atoms with Crippen LogP contribution in [0.15, 0.2) is 50.9 Å². The molecule has 0 saturated heterocycles. The smallest absolute Gasteiger partial charge is 0.305 e. The van der Waals surface area contributed by atoms with Crippen LogP contribution in [0.3, 0.4) is 0 Å². The molecule has 0 aliphatic heterocycles. The molecule has 9 heteroatoms. The Balaban J connectivity index is 1.88. The zero-order valence-corrected chi connectivity index (χ0v) is 18.0. The second-order valence-corrected chi connectivity index (χ2v) is 8.44. The third-order valence-corrected chi connectivity index (χ3v) is 6.07. The largest absolute Gasteiger partial charge is 0.330 e.